The number of nitrogens with zero attached hydrogens (tertiary/aromatic N) is 3. The van der Waals surface area contributed by atoms with Crippen LogP contribution >= 0.6 is 0 Å². The van der Waals surface area contributed by atoms with Crippen LogP contribution in [0.25, 0.3) is 0 Å². The van der Waals surface area contributed by atoms with E-state index in [0.717, 1.165) is 18.2 Å². The van der Waals surface area contributed by atoms with Crippen LogP contribution in [0.4, 0.5) is 0 Å². The van der Waals surface area contributed by atoms with Gasteiger partial charge in [0.2, 0.25) is 0 Å². The van der Waals surface area contributed by atoms with E-state index in [4.69, 9.17) is 5.73 Å². The van der Waals surface area contributed by atoms with E-state index in [1.54, 1.807) is 0 Å². The Bertz CT molecular complexity index is 386. The van der Waals surface area contributed by atoms with E-state index in [1.165, 1.54) is 44.3 Å². The Labute approximate surface area is 103 Å². The van der Waals surface area contributed by atoms with Gasteiger partial charge in [0, 0.05) is 18.5 Å². The summed E-state index contributed by atoms with van der Waals surface area (Å²) in [6.45, 7) is 2.08. The first-order valence-corrected chi connectivity index (χ1v) is 6.90. The maximum atomic E-state index is 5.95. The molecule has 0 amide bonds. The van der Waals surface area contributed by atoms with Crippen LogP contribution in [0.2, 0.25) is 0 Å². The van der Waals surface area contributed by atoms with Crippen molar-refractivity contribution in [2.24, 2.45) is 11.7 Å². The van der Waals surface area contributed by atoms with Gasteiger partial charge in [0.15, 0.2) is 0 Å². The van der Waals surface area contributed by atoms with Gasteiger partial charge in [0.25, 0.3) is 0 Å². The highest BCUT2D eigenvalue weighted by molar-refractivity contribution is 5.02. The topological polar surface area (TPSA) is 56.7 Å². The fourth-order valence-electron chi connectivity index (χ4n) is 3.01. The zero-order chi connectivity index (χ0) is 11.8. The minimum Gasteiger partial charge on any atom is -0.328 e. The molecule has 1 aromatic heterocycles. The van der Waals surface area contributed by atoms with Crippen LogP contribution in [0.15, 0.2) is 0 Å². The van der Waals surface area contributed by atoms with Crippen molar-refractivity contribution < 1.29 is 0 Å². The lowest BCUT2D eigenvalue weighted by atomic mass is 9.84. The maximum Gasteiger partial charge on any atom is 0.133 e. The first-order chi connectivity index (χ1) is 8.24. The van der Waals surface area contributed by atoms with Crippen LogP contribution in [0.3, 0.4) is 0 Å². The fourth-order valence-corrected chi connectivity index (χ4v) is 3.01. The molecule has 0 spiro atoms. The van der Waals surface area contributed by atoms with Gasteiger partial charge in [-0.15, -0.1) is 10.2 Å². The number of aromatic nitrogens is 3. The monoisotopic (exact) mass is 234 g/mol. The van der Waals surface area contributed by atoms with Crippen LogP contribution in [-0.2, 0) is 6.42 Å². The SMILES string of the molecule is Cc1nnc(CC2CCC(N)CC2)n1C1CC1. The Morgan fingerprint density at radius 1 is 1.12 bits per heavy atom. The summed E-state index contributed by atoms with van der Waals surface area (Å²) in [5.74, 6) is 3.08. The third kappa shape index (κ3) is 2.37. The molecule has 0 bridgehead atoms. The Kier molecular flexibility index (Phi) is 2.90. The molecule has 0 saturated heterocycles. The first kappa shape index (κ1) is 11.2. The molecule has 2 N–H and O–H groups in total. The lowest BCUT2D eigenvalue weighted by Gasteiger charge is -2.25. The molecule has 4 heteroatoms. The van der Waals surface area contributed by atoms with Crippen LogP contribution in [0.5, 0.6) is 0 Å². The third-order valence-electron chi connectivity index (χ3n) is 4.21. The van der Waals surface area contributed by atoms with E-state index in [1.807, 2.05) is 0 Å². The molecule has 2 fully saturated rings. The highest BCUT2D eigenvalue weighted by Gasteiger charge is 2.29. The largest absolute Gasteiger partial charge is 0.328 e. The second kappa shape index (κ2) is 4.41. The third-order valence-corrected chi connectivity index (χ3v) is 4.21. The smallest absolute Gasteiger partial charge is 0.133 e. The summed E-state index contributed by atoms with van der Waals surface area (Å²) in [5.41, 5.74) is 5.95. The first-order valence-electron chi connectivity index (χ1n) is 6.90. The van der Waals surface area contributed by atoms with Crippen molar-refractivity contribution in [1.29, 1.82) is 0 Å². The van der Waals surface area contributed by atoms with Crippen LogP contribution in [0, 0.1) is 12.8 Å². The van der Waals surface area contributed by atoms with Crippen molar-refractivity contribution in [3.05, 3.63) is 11.6 Å². The number of hydrogen-bond acceptors (Lipinski definition) is 3. The van der Waals surface area contributed by atoms with Crippen molar-refractivity contribution in [2.45, 2.75) is 64.0 Å². The van der Waals surface area contributed by atoms with Gasteiger partial charge in [-0.05, 0) is 51.4 Å². The van der Waals surface area contributed by atoms with Gasteiger partial charge in [-0.3, -0.25) is 0 Å². The lowest BCUT2D eigenvalue weighted by molar-refractivity contribution is 0.318. The van der Waals surface area contributed by atoms with Crippen molar-refractivity contribution in [1.82, 2.24) is 14.8 Å². The van der Waals surface area contributed by atoms with Crippen LogP contribution < -0.4 is 5.73 Å². The molecule has 94 valence electrons. The lowest BCUT2D eigenvalue weighted by Crippen LogP contribution is -2.27. The molecule has 1 aromatic rings. The zero-order valence-corrected chi connectivity index (χ0v) is 10.6. The summed E-state index contributed by atoms with van der Waals surface area (Å²) in [6, 6.07) is 1.14. The molecule has 0 aliphatic heterocycles. The molecular formula is C13H22N4. The second-order valence-electron chi connectivity index (χ2n) is 5.75. The van der Waals surface area contributed by atoms with Gasteiger partial charge in [-0.2, -0.15) is 0 Å². The molecule has 0 atom stereocenters. The van der Waals surface area contributed by atoms with E-state index in [2.05, 4.69) is 21.7 Å². The highest BCUT2D eigenvalue weighted by Crippen LogP contribution is 2.37. The van der Waals surface area contributed by atoms with Gasteiger partial charge >= 0.3 is 0 Å². The summed E-state index contributed by atoms with van der Waals surface area (Å²) >= 11 is 0. The summed E-state index contributed by atoms with van der Waals surface area (Å²) < 4.78 is 2.37. The zero-order valence-electron chi connectivity index (χ0n) is 10.6. The van der Waals surface area contributed by atoms with Crippen molar-refractivity contribution in [2.75, 3.05) is 0 Å². The number of rotatable bonds is 3. The molecule has 1 heterocycles. The minimum absolute atomic E-state index is 0.439. The van der Waals surface area contributed by atoms with Gasteiger partial charge in [-0.1, -0.05) is 0 Å². The van der Waals surface area contributed by atoms with E-state index in [0.29, 0.717) is 12.1 Å². The van der Waals surface area contributed by atoms with Crippen LogP contribution in [0.1, 0.15) is 56.2 Å². The fraction of sp³-hybridized carbons (Fsp3) is 0.846. The average Bonchev–Trinajstić information content (AvgIpc) is 3.08. The summed E-state index contributed by atoms with van der Waals surface area (Å²) in [5, 5.41) is 8.62. The second-order valence-corrected chi connectivity index (χ2v) is 5.75. The molecule has 3 rings (SSSR count). The molecule has 2 aliphatic rings. The predicted molar refractivity (Wildman–Crippen MR) is 66.7 cm³/mol. The summed E-state index contributed by atoms with van der Waals surface area (Å²) in [4.78, 5) is 0. The van der Waals surface area contributed by atoms with Crippen molar-refractivity contribution >= 4 is 0 Å². The Morgan fingerprint density at radius 3 is 2.47 bits per heavy atom. The van der Waals surface area contributed by atoms with Crippen molar-refractivity contribution in [3.63, 3.8) is 0 Å². The predicted octanol–water partition coefficient (Wildman–Crippen LogP) is 1.98. The highest BCUT2D eigenvalue weighted by atomic mass is 15.3. The number of aryl methyl sites for hydroxylation is 1. The molecule has 2 saturated carbocycles. The summed E-state index contributed by atoms with van der Waals surface area (Å²) in [6.07, 6.45) is 8.60. The van der Waals surface area contributed by atoms with Gasteiger partial charge in [-0.25, -0.2) is 0 Å². The molecule has 17 heavy (non-hydrogen) atoms. The average molecular weight is 234 g/mol. The standard InChI is InChI=1S/C13H22N4/c1-9-15-16-13(17(9)12-6-7-12)8-10-2-4-11(14)5-3-10/h10-12H,2-8,14H2,1H3. The molecule has 4 nitrogen and oxygen atoms in total. The van der Waals surface area contributed by atoms with E-state index >= 15 is 0 Å². The van der Waals surface area contributed by atoms with Gasteiger partial charge in [0.05, 0.1) is 0 Å². The van der Waals surface area contributed by atoms with E-state index in [9.17, 15) is 0 Å². The molecule has 0 aromatic carbocycles. The Morgan fingerprint density at radius 2 is 1.82 bits per heavy atom. The maximum absolute atomic E-state index is 5.95. The minimum atomic E-state index is 0.439. The molecule has 2 aliphatic carbocycles. The molecule has 0 radical (unpaired) electrons. The Hall–Kier alpha value is -0.900. The Balaban J connectivity index is 1.68. The number of nitrogens with two attached hydrogens (primary N) is 1. The molecular weight excluding hydrogens is 212 g/mol. The van der Waals surface area contributed by atoms with E-state index < -0.39 is 0 Å². The van der Waals surface area contributed by atoms with Gasteiger partial charge < -0.3 is 10.3 Å². The quantitative estimate of drug-likeness (QED) is 0.870. The van der Waals surface area contributed by atoms with Gasteiger partial charge in [0.1, 0.15) is 11.6 Å². The van der Waals surface area contributed by atoms with Crippen molar-refractivity contribution in [3.8, 4) is 0 Å². The normalized spacial score (nSPS) is 29.5. The molecule has 0 unspecified atom stereocenters. The number of hydrogen-bond donors (Lipinski definition) is 1. The van der Waals surface area contributed by atoms with E-state index in [-0.39, 0.29) is 0 Å². The summed E-state index contributed by atoms with van der Waals surface area (Å²) in [7, 11) is 0. The van der Waals surface area contributed by atoms with Crippen LogP contribution in [-0.4, -0.2) is 20.8 Å².